The van der Waals surface area contributed by atoms with Crippen LogP contribution in [0.15, 0.2) is 24.0 Å². The molecule has 0 aromatic carbocycles. The normalized spacial score (nSPS) is 25.3. The molecule has 1 N–H and O–H groups in total. The number of hydrogen-bond acceptors (Lipinski definition) is 2. The molecule has 0 radical (unpaired) electrons. The summed E-state index contributed by atoms with van der Waals surface area (Å²) in [6.45, 7) is 0. The average molecular weight is 154 g/mol. The van der Waals surface area contributed by atoms with Crippen molar-refractivity contribution in [3.8, 4) is 0 Å². The Labute approximate surface area is 67.2 Å². The van der Waals surface area contributed by atoms with Crippen molar-refractivity contribution in [2.45, 2.75) is 25.4 Å². The van der Waals surface area contributed by atoms with E-state index in [0.717, 1.165) is 19.3 Å². The van der Waals surface area contributed by atoms with Crippen molar-refractivity contribution in [1.29, 1.82) is 0 Å². The highest BCUT2D eigenvalue weighted by molar-refractivity contribution is 5.20. The molecule has 1 atom stereocenters. The molecule has 0 spiro atoms. The minimum atomic E-state index is -0.250. The zero-order valence-electron chi connectivity index (χ0n) is 6.79. The molecular weight excluding hydrogens is 140 g/mol. The van der Waals surface area contributed by atoms with Crippen LogP contribution in [0, 0.1) is 0 Å². The Morgan fingerprint density at radius 3 is 3.18 bits per heavy atom. The van der Waals surface area contributed by atoms with E-state index < -0.39 is 0 Å². The Morgan fingerprint density at radius 1 is 1.73 bits per heavy atom. The summed E-state index contributed by atoms with van der Waals surface area (Å²) < 4.78 is 4.78. The Hall–Kier alpha value is -0.760. The fraction of sp³-hybridized carbons (Fsp3) is 0.556. The zero-order chi connectivity index (χ0) is 8.10. The van der Waals surface area contributed by atoms with Crippen LogP contribution in [0.25, 0.3) is 0 Å². The van der Waals surface area contributed by atoms with E-state index in [1.54, 1.807) is 13.4 Å². The van der Waals surface area contributed by atoms with Gasteiger partial charge in [-0.2, -0.15) is 0 Å². The van der Waals surface area contributed by atoms with Gasteiger partial charge in [0.05, 0.1) is 19.5 Å². The maximum absolute atomic E-state index is 9.23. The summed E-state index contributed by atoms with van der Waals surface area (Å²) in [6, 6.07) is 0. The summed E-state index contributed by atoms with van der Waals surface area (Å²) in [6.07, 6.45) is 8.20. The van der Waals surface area contributed by atoms with E-state index in [0.29, 0.717) is 0 Å². The van der Waals surface area contributed by atoms with Gasteiger partial charge in [-0.15, -0.1) is 0 Å². The van der Waals surface area contributed by atoms with Gasteiger partial charge in [-0.25, -0.2) is 0 Å². The van der Waals surface area contributed by atoms with Crippen molar-refractivity contribution < 1.29 is 9.84 Å². The number of aliphatic hydroxyl groups is 1. The van der Waals surface area contributed by atoms with E-state index >= 15 is 0 Å². The van der Waals surface area contributed by atoms with Crippen LogP contribution in [0.3, 0.4) is 0 Å². The molecule has 0 fully saturated rings. The van der Waals surface area contributed by atoms with Gasteiger partial charge in [0, 0.05) is 0 Å². The van der Waals surface area contributed by atoms with Crippen LogP contribution in [0.1, 0.15) is 19.3 Å². The molecule has 0 saturated carbocycles. The number of methoxy groups -OCH3 is 1. The molecule has 0 bridgehead atoms. The second kappa shape index (κ2) is 4.19. The van der Waals surface area contributed by atoms with E-state index in [4.69, 9.17) is 4.74 Å². The Balaban J connectivity index is 2.49. The van der Waals surface area contributed by atoms with Gasteiger partial charge in [-0.1, -0.05) is 6.08 Å². The predicted octanol–water partition coefficient (Wildman–Crippen LogP) is 1.62. The molecule has 0 heterocycles. The van der Waals surface area contributed by atoms with Gasteiger partial charge in [0.1, 0.15) is 0 Å². The molecule has 0 unspecified atom stereocenters. The number of aliphatic hydroxyl groups excluding tert-OH is 1. The Kier molecular flexibility index (Phi) is 3.17. The molecular formula is C9H14O2. The third kappa shape index (κ3) is 2.76. The molecule has 1 aliphatic carbocycles. The van der Waals surface area contributed by atoms with Gasteiger partial charge in [0.15, 0.2) is 0 Å². The second-order valence-electron chi connectivity index (χ2n) is 2.74. The van der Waals surface area contributed by atoms with Crippen molar-refractivity contribution >= 4 is 0 Å². The lowest BCUT2D eigenvalue weighted by Gasteiger charge is -2.13. The van der Waals surface area contributed by atoms with E-state index in [1.165, 1.54) is 5.57 Å². The van der Waals surface area contributed by atoms with Crippen LogP contribution in [0.2, 0.25) is 0 Å². The first kappa shape index (κ1) is 8.34. The highest BCUT2D eigenvalue weighted by Gasteiger charge is 2.07. The lowest BCUT2D eigenvalue weighted by atomic mass is 9.98. The predicted molar refractivity (Wildman–Crippen MR) is 44.1 cm³/mol. The molecule has 1 aliphatic rings. The molecule has 0 saturated heterocycles. The molecule has 0 aromatic heterocycles. The third-order valence-corrected chi connectivity index (χ3v) is 1.79. The lowest BCUT2D eigenvalue weighted by molar-refractivity contribution is 0.203. The summed E-state index contributed by atoms with van der Waals surface area (Å²) in [5.74, 6) is 0. The minimum absolute atomic E-state index is 0.250. The van der Waals surface area contributed by atoms with Crippen LogP contribution >= 0.6 is 0 Å². The maximum Gasteiger partial charge on any atom is 0.0827 e. The van der Waals surface area contributed by atoms with Gasteiger partial charge < -0.3 is 9.84 Å². The SMILES string of the molecule is COC=CC1=C[C@H](O)CCC1. The molecule has 1 rings (SSSR count). The molecule has 11 heavy (non-hydrogen) atoms. The Bertz CT molecular complexity index is 170. The van der Waals surface area contributed by atoms with Crippen molar-refractivity contribution in [1.82, 2.24) is 0 Å². The third-order valence-electron chi connectivity index (χ3n) is 1.79. The minimum Gasteiger partial charge on any atom is -0.504 e. The molecule has 2 heteroatoms. The average Bonchev–Trinajstić information content (AvgIpc) is 2.01. The fourth-order valence-electron chi connectivity index (χ4n) is 1.22. The first-order chi connectivity index (χ1) is 5.33. The smallest absolute Gasteiger partial charge is 0.0827 e. The molecule has 0 aromatic rings. The van der Waals surface area contributed by atoms with E-state index in [2.05, 4.69) is 0 Å². The largest absolute Gasteiger partial charge is 0.504 e. The topological polar surface area (TPSA) is 29.5 Å². The standard InChI is InChI=1S/C9H14O2/c1-11-6-5-8-3-2-4-9(10)7-8/h5-7,9-10H,2-4H2,1H3/t9-/m1/s1. The van der Waals surface area contributed by atoms with Gasteiger partial charge in [0.25, 0.3) is 0 Å². The van der Waals surface area contributed by atoms with Gasteiger partial charge >= 0.3 is 0 Å². The summed E-state index contributed by atoms with van der Waals surface area (Å²) in [4.78, 5) is 0. The highest BCUT2D eigenvalue weighted by Crippen LogP contribution is 2.18. The summed E-state index contributed by atoms with van der Waals surface area (Å²) in [5, 5.41) is 9.23. The summed E-state index contributed by atoms with van der Waals surface area (Å²) in [5.41, 5.74) is 1.17. The first-order valence-corrected chi connectivity index (χ1v) is 3.91. The lowest BCUT2D eigenvalue weighted by Crippen LogP contribution is -2.07. The van der Waals surface area contributed by atoms with Crippen LogP contribution in [0.4, 0.5) is 0 Å². The van der Waals surface area contributed by atoms with Crippen molar-refractivity contribution in [3.63, 3.8) is 0 Å². The van der Waals surface area contributed by atoms with E-state index in [9.17, 15) is 5.11 Å². The monoisotopic (exact) mass is 154 g/mol. The van der Waals surface area contributed by atoms with Crippen molar-refractivity contribution in [2.75, 3.05) is 7.11 Å². The van der Waals surface area contributed by atoms with Crippen LogP contribution in [0.5, 0.6) is 0 Å². The molecule has 0 aliphatic heterocycles. The highest BCUT2D eigenvalue weighted by atomic mass is 16.5. The summed E-state index contributed by atoms with van der Waals surface area (Å²) in [7, 11) is 1.62. The zero-order valence-corrected chi connectivity index (χ0v) is 6.79. The van der Waals surface area contributed by atoms with Crippen LogP contribution in [-0.4, -0.2) is 18.3 Å². The van der Waals surface area contributed by atoms with E-state index in [1.807, 2.05) is 12.2 Å². The molecule has 62 valence electrons. The van der Waals surface area contributed by atoms with Crippen molar-refractivity contribution in [3.05, 3.63) is 24.0 Å². The van der Waals surface area contributed by atoms with Gasteiger partial charge in [0.2, 0.25) is 0 Å². The second-order valence-corrected chi connectivity index (χ2v) is 2.74. The Morgan fingerprint density at radius 2 is 2.55 bits per heavy atom. The maximum atomic E-state index is 9.23. The molecule has 0 amide bonds. The first-order valence-electron chi connectivity index (χ1n) is 3.91. The van der Waals surface area contributed by atoms with Crippen LogP contribution < -0.4 is 0 Å². The van der Waals surface area contributed by atoms with E-state index in [-0.39, 0.29) is 6.10 Å². The quantitative estimate of drug-likeness (QED) is 0.612. The number of hydrogen-bond donors (Lipinski definition) is 1. The number of allylic oxidation sites excluding steroid dienone is 2. The fourth-order valence-corrected chi connectivity index (χ4v) is 1.22. The molecule has 2 nitrogen and oxygen atoms in total. The van der Waals surface area contributed by atoms with Gasteiger partial charge in [-0.3, -0.25) is 0 Å². The van der Waals surface area contributed by atoms with Crippen LogP contribution in [-0.2, 0) is 4.74 Å². The number of ether oxygens (including phenoxy) is 1. The summed E-state index contributed by atoms with van der Waals surface area (Å²) >= 11 is 0. The number of rotatable bonds is 2. The van der Waals surface area contributed by atoms with Gasteiger partial charge in [-0.05, 0) is 30.9 Å². The van der Waals surface area contributed by atoms with Crippen molar-refractivity contribution in [2.24, 2.45) is 0 Å².